The lowest BCUT2D eigenvalue weighted by Crippen LogP contribution is -2.38. The smallest absolute Gasteiger partial charge is 0.410 e. The summed E-state index contributed by atoms with van der Waals surface area (Å²) in [6, 6.07) is 9.45. The van der Waals surface area contributed by atoms with Crippen LogP contribution in [0.15, 0.2) is 30.3 Å². The second-order valence-electron chi connectivity index (χ2n) is 4.75. The monoisotopic (exact) mass is 297 g/mol. The van der Waals surface area contributed by atoms with Crippen LogP contribution in [0.4, 0.5) is 4.79 Å². The van der Waals surface area contributed by atoms with Crippen molar-refractivity contribution in [2.45, 2.75) is 32.9 Å². The summed E-state index contributed by atoms with van der Waals surface area (Å²) in [6.45, 7) is 4.33. The zero-order valence-electron chi connectivity index (χ0n) is 11.8. The maximum atomic E-state index is 12.0. The molecule has 0 N–H and O–H groups in total. The first-order valence-corrected chi connectivity index (χ1v) is 7.13. The Morgan fingerprint density at radius 2 is 1.90 bits per heavy atom. The minimum Gasteiger partial charge on any atom is -0.445 e. The molecule has 0 saturated carbocycles. The summed E-state index contributed by atoms with van der Waals surface area (Å²) in [4.78, 5) is 24.8. The molecule has 4 nitrogen and oxygen atoms in total. The molecule has 0 unspecified atom stereocenters. The summed E-state index contributed by atoms with van der Waals surface area (Å²) in [5.41, 5.74) is 0.932. The molecule has 0 radical (unpaired) electrons. The fourth-order valence-corrected chi connectivity index (χ4v) is 1.81. The minimum absolute atomic E-state index is 0.0228. The van der Waals surface area contributed by atoms with Crippen LogP contribution in [-0.4, -0.2) is 35.2 Å². The molecule has 0 atom stereocenters. The van der Waals surface area contributed by atoms with E-state index >= 15 is 0 Å². The van der Waals surface area contributed by atoms with E-state index in [2.05, 4.69) is 0 Å². The molecule has 110 valence electrons. The summed E-state index contributed by atoms with van der Waals surface area (Å²) >= 11 is 5.45. The lowest BCUT2D eigenvalue weighted by Gasteiger charge is -2.25. The van der Waals surface area contributed by atoms with Gasteiger partial charge in [0.15, 0.2) is 0 Å². The van der Waals surface area contributed by atoms with Crippen LogP contribution in [0.5, 0.6) is 0 Å². The molecule has 1 amide bonds. The van der Waals surface area contributed by atoms with Gasteiger partial charge in [0.25, 0.3) is 0 Å². The number of benzene rings is 1. The summed E-state index contributed by atoms with van der Waals surface area (Å²) in [6.07, 6.45) is -0.159. The van der Waals surface area contributed by atoms with Gasteiger partial charge in [0.05, 0.1) is 5.88 Å². The van der Waals surface area contributed by atoms with Crippen LogP contribution >= 0.6 is 11.6 Å². The zero-order valence-corrected chi connectivity index (χ0v) is 12.6. The molecule has 0 aliphatic rings. The number of carbonyl (C=O) groups is 2. The van der Waals surface area contributed by atoms with E-state index in [0.29, 0.717) is 6.54 Å². The average molecular weight is 298 g/mol. The first-order valence-electron chi connectivity index (χ1n) is 6.59. The lowest BCUT2D eigenvalue weighted by molar-refractivity contribution is -0.117. The number of Topliss-reactive ketones (excluding diaryl/α,β-unsaturated/α-hetero) is 1. The minimum atomic E-state index is -0.411. The molecule has 1 aromatic rings. The van der Waals surface area contributed by atoms with Crippen molar-refractivity contribution < 1.29 is 14.3 Å². The van der Waals surface area contributed by atoms with E-state index in [4.69, 9.17) is 16.3 Å². The van der Waals surface area contributed by atoms with E-state index in [-0.39, 0.29) is 30.7 Å². The van der Waals surface area contributed by atoms with E-state index in [1.807, 2.05) is 44.2 Å². The molecular weight excluding hydrogens is 278 g/mol. The Hall–Kier alpha value is -1.55. The van der Waals surface area contributed by atoms with Gasteiger partial charge >= 0.3 is 6.09 Å². The molecule has 0 aliphatic heterocycles. The number of carbonyl (C=O) groups excluding carboxylic acids is 2. The van der Waals surface area contributed by atoms with E-state index < -0.39 is 6.09 Å². The lowest BCUT2D eigenvalue weighted by atomic mass is 10.2. The van der Waals surface area contributed by atoms with E-state index in [0.717, 1.165) is 5.56 Å². The Kier molecular flexibility index (Phi) is 7.09. The van der Waals surface area contributed by atoms with Gasteiger partial charge in [-0.1, -0.05) is 30.3 Å². The Balaban J connectivity index is 2.49. The number of rotatable bonds is 7. The maximum absolute atomic E-state index is 12.0. The molecule has 0 aliphatic carbocycles. The molecule has 0 fully saturated rings. The van der Waals surface area contributed by atoms with E-state index in [9.17, 15) is 9.59 Å². The van der Waals surface area contributed by atoms with Crippen molar-refractivity contribution in [1.29, 1.82) is 0 Å². The van der Waals surface area contributed by atoms with Gasteiger partial charge in [-0.15, -0.1) is 11.6 Å². The number of amides is 1. The van der Waals surface area contributed by atoms with Crippen molar-refractivity contribution in [1.82, 2.24) is 4.90 Å². The molecule has 1 aromatic carbocycles. The summed E-state index contributed by atoms with van der Waals surface area (Å²) in [5.74, 6) is -0.0986. The molecule has 0 aromatic heterocycles. The third-order valence-electron chi connectivity index (χ3n) is 2.84. The fourth-order valence-electron chi connectivity index (χ4n) is 1.67. The highest BCUT2D eigenvalue weighted by atomic mass is 35.5. The first-order chi connectivity index (χ1) is 9.54. The molecule has 0 spiro atoms. The van der Waals surface area contributed by atoms with Gasteiger partial charge in [-0.05, 0) is 19.4 Å². The van der Waals surface area contributed by atoms with Crippen LogP contribution in [0.25, 0.3) is 0 Å². The molecule has 0 saturated heterocycles. The third-order valence-corrected chi connectivity index (χ3v) is 3.14. The molecule has 5 heteroatoms. The van der Waals surface area contributed by atoms with Crippen molar-refractivity contribution in [2.75, 3.05) is 12.4 Å². The van der Waals surface area contributed by atoms with Crippen LogP contribution in [0, 0.1) is 0 Å². The Morgan fingerprint density at radius 3 is 2.45 bits per heavy atom. The van der Waals surface area contributed by atoms with Crippen LogP contribution in [0.3, 0.4) is 0 Å². The number of ketones is 1. The molecule has 1 rings (SSSR count). The maximum Gasteiger partial charge on any atom is 0.410 e. The molecule has 0 bridgehead atoms. The van der Waals surface area contributed by atoms with Crippen molar-refractivity contribution in [3.8, 4) is 0 Å². The predicted molar refractivity (Wildman–Crippen MR) is 78.8 cm³/mol. The van der Waals surface area contributed by atoms with E-state index in [1.165, 1.54) is 4.90 Å². The SMILES string of the molecule is CC(C)N(CCC(=O)CCl)C(=O)OCc1ccccc1. The summed E-state index contributed by atoms with van der Waals surface area (Å²) in [7, 11) is 0. The molecular formula is C15H20ClNO3. The Bertz CT molecular complexity index is 434. The van der Waals surface area contributed by atoms with Crippen molar-refractivity contribution in [3.63, 3.8) is 0 Å². The van der Waals surface area contributed by atoms with E-state index in [1.54, 1.807) is 0 Å². The number of halogens is 1. The third kappa shape index (κ3) is 5.61. The Labute approximate surface area is 124 Å². The molecule has 20 heavy (non-hydrogen) atoms. The van der Waals surface area contributed by atoms with Gasteiger partial charge in [-0.3, -0.25) is 4.79 Å². The topological polar surface area (TPSA) is 46.6 Å². The standard InChI is InChI=1S/C15H20ClNO3/c1-12(2)17(9-8-14(18)10-16)15(19)20-11-13-6-4-3-5-7-13/h3-7,12H,8-11H2,1-2H3. The number of ether oxygens (including phenoxy) is 1. The van der Waals surface area contributed by atoms with Crippen molar-refractivity contribution in [2.24, 2.45) is 0 Å². The number of alkyl halides is 1. The van der Waals surface area contributed by atoms with Gasteiger partial charge in [0, 0.05) is 19.0 Å². The largest absolute Gasteiger partial charge is 0.445 e. The highest BCUT2D eigenvalue weighted by Gasteiger charge is 2.19. The first kappa shape index (κ1) is 16.5. The van der Waals surface area contributed by atoms with Gasteiger partial charge in [-0.25, -0.2) is 4.79 Å². The fraction of sp³-hybridized carbons (Fsp3) is 0.467. The number of hydrogen-bond donors (Lipinski definition) is 0. The predicted octanol–water partition coefficient (Wildman–Crippen LogP) is 3.23. The number of hydrogen-bond acceptors (Lipinski definition) is 3. The van der Waals surface area contributed by atoms with Gasteiger partial charge < -0.3 is 9.64 Å². The van der Waals surface area contributed by atoms with Crippen molar-refractivity contribution in [3.05, 3.63) is 35.9 Å². The van der Waals surface area contributed by atoms with Crippen LogP contribution < -0.4 is 0 Å². The number of nitrogens with zero attached hydrogens (tertiary/aromatic N) is 1. The van der Waals surface area contributed by atoms with Crippen LogP contribution in [-0.2, 0) is 16.1 Å². The quantitative estimate of drug-likeness (QED) is 0.726. The normalized spacial score (nSPS) is 10.4. The van der Waals surface area contributed by atoms with Gasteiger partial charge in [0.2, 0.25) is 0 Å². The highest BCUT2D eigenvalue weighted by Crippen LogP contribution is 2.07. The zero-order chi connectivity index (χ0) is 15.0. The molecule has 0 heterocycles. The highest BCUT2D eigenvalue weighted by molar-refractivity contribution is 6.27. The van der Waals surface area contributed by atoms with Crippen molar-refractivity contribution >= 4 is 23.5 Å². The summed E-state index contributed by atoms with van der Waals surface area (Å²) < 4.78 is 5.26. The summed E-state index contributed by atoms with van der Waals surface area (Å²) in [5, 5.41) is 0. The van der Waals surface area contributed by atoms with Gasteiger partial charge in [0.1, 0.15) is 12.4 Å². The Morgan fingerprint density at radius 1 is 1.25 bits per heavy atom. The van der Waals surface area contributed by atoms with Crippen LogP contribution in [0.1, 0.15) is 25.8 Å². The average Bonchev–Trinajstić information content (AvgIpc) is 2.45. The van der Waals surface area contributed by atoms with Crippen LogP contribution in [0.2, 0.25) is 0 Å². The second kappa shape index (κ2) is 8.59. The second-order valence-corrected chi connectivity index (χ2v) is 5.02. The van der Waals surface area contributed by atoms with Gasteiger partial charge in [-0.2, -0.15) is 0 Å².